The summed E-state index contributed by atoms with van der Waals surface area (Å²) in [7, 11) is 1.29. The molecule has 0 rings (SSSR count). The van der Waals surface area contributed by atoms with E-state index in [1.807, 2.05) is 21.1 Å². The molecule has 0 radical (unpaired) electrons. The number of nitrogens with zero attached hydrogens (tertiary/aromatic N) is 1. The first-order valence-electron chi connectivity index (χ1n) is 26.7. The number of phosphoric acid groups is 1. The number of aliphatic hydroxyl groups is 1. The number of hydrogen-bond donors (Lipinski definition) is 2. The molecule has 0 aromatic carbocycles. The van der Waals surface area contributed by atoms with Gasteiger partial charge in [-0.15, -0.1) is 0 Å². The molecular formula is C58H101N2O6P. The van der Waals surface area contributed by atoms with Gasteiger partial charge in [0.05, 0.1) is 39.9 Å². The summed E-state index contributed by atoms with van der Waals surface area (Å²) < 4.78 is 23.0. The fraction of sp³-hybridized carbons (Fsp3) is 0.672. The van der Waals surface area contributed by atoms with Gasteiger partial charge in [0.1, 0.15) is 13.2 Å². The van der Waals surface area contributed by atoms with E-state index in [0.29, 0.717) is 23.9 Å². The second kappa shape index (κ2) is 48.2. The van der Waals surface area contributed by atoms with E-state index in [2.05, 4.69) is 129 Å². The first-order chi connectivity index (χ1) is 32.5. The average molecular weight is 953 g/mol. The molecule has 0 saturated carbocycles. The summed E-state index contributed by atoms with van der Waals surface area (Å²) in [6.45, 7) is 4.46. The largest absolute Gasteiger partial charge is 0.756 e. The van der Waals surface area contributed by atoms with E-state index in [-0.39, 0.29) is 19.1 Å². The molecule has 1 amide bonds. The van der Waals surface area contributed by atoms with E-state index >= 15 is 0 Å². The lowest BCUT2D eigenvalue weighted by molar-refractivity contribution is -0.870. The van der Waals surface area contributed by atoms with Crippen molar-refractivity contribution in [1.82, 2.24) is 5.32 Å². The molecule has 67 heavy (non-hydrogen) atoms. The Bertz CT molecular complexity index is 1450. The number of nitrogens with one attached hydrogen (secondary N) is 1. The molecular weight excluding hydrogens is 852 g/mol. The average Bonchev–Trinajstić information content (AvgIpc) is 3.29. The maximum absolute atomic E-state index is 12.8. The molecule has 3 atom stereocenters. The highest BCUT2D eigenvalue weighted by Gasteiger charge is 2.24. The van der Waals surface area contributed by atoms with Crippen molar-refractivity contribution in [2.75, 3.05) is 40.9 Å². The van der Waals surface area contributed by atoms with Crippen LogP contribution < -0.4 is 10.2 Å². The number of phosphoric ester groups is 1. The summed E-state index contributed by atoms with van der Waals surface area (Å²) in [6.07, 6.45) is 70.6. The zero-order valence-corrected chi connectivity index (χ0v) is 44.5. The van der Waals surface area contributed by atoms with Gasteiger partial charge in [-0.3, -0.25) is 9.36 Å². The summed E-state index contributed by atoms with van der Waals surface area (Å²) in [6, 6.07) is -0.802. The number of likely N-dealkylation sites (N-methyl/N-ethyl adjacent to an activating group) is 1. The van der Waals surface area contributed by atoms with Crippen LogP contribution in [0.1, 0.15) is 200 Å². The van der Waals surface area contributed by atoms with E-state index in [1.54, 1.807) is 0 Å². The number of allylic oxidation sites excluding steroid dienone is 18. The van der Waals surface area contributed by atoms with Crippen LogP contribution in [-0.4, -0.2) is 68.5 Å². The van der Waals surface area contributed by atoms with E-state index < -0.39 is 20.0 Å². The lowest BCUT2D eigenvalue weighted by Gasteiger charge is -2.30. The van der Waals surface area contributed by atoms with Crippen molar-refractivity contribution in [3.8, 4) is 0 Å². The molecule has 0 spiro atoms. The SMILES string of the molecule is CC/C=C\C/C=C\C/C=C\C/C=C\C/C=C\C/C=C\C/C=C\C/C=C\C/C=C\CCCCCCCCCCCCCCCC(=O)NC(COP(=O)([O-])OCC[N+](C)(C)C)C(O)CCCCCC. The zero-order chi connectivity index (χ0) is 49.2. The van der Waals surface area contributed by atoms with Crippen LogP contribution >= 0.6 is 7.82 Å². The van der Waals surface area contributed by atoms with Crippen LogP contribution in [0.15, 0.2) is 109 Å². The Balaban J connectivity index is 3.82. The summed E-state index contributed by atoms with van der Waals surface area (Å²) >= 11 is 0. The minimum absolute atomic E-state index is 0.00675. The third kappa shape index (κ3) is 50.9. The minimum Gasteiger partial charge on any atom is -0.756 e. The molecule has 384 valence electrons. The van der Waals surface area contributed by atoms with Gasteiger partial charge in [-0.2, -0.15) is 0 Å². The molecule has 2 N–H and O–H groups in total. The summed E-state index contributed by atoms with van der Waals surface area (Å²) in [5.41, 5.74) is 0. The van der Waals surface area contributed by atoms with E-state index in [9.17, 15) is 19.4 Å². The van der Waals surface area contributed by atoms with Gasteiger partial charge < -0.3 is 28.8 Å². The Labute approximate surface area is 412 Å². The lowest BCUT2D eigenvalue weighted by Crippen LogP contribution is -2.46. The molecule has 0 aromatic heterocycles. The van der Waals surface area contributed by atoms with E-state index in [0.717, 1.165) is 103 Å². The van der Waals surface area contributed by atoms with Gasteiger partial charge in [-0.1, -0.05) is 220 Å². The highest BCUT2D eigenvalue weighted by molar-refractivity contribution is 7.45. The number of rotatable bonds is 47. The van der Waals surface area contributed by atoms with Crippen LogP contribution in [0.5, 0.6) is 0 Å². The van der Waals surface area contributed by atoms with Crippen LogP contribution in [0.4, 0.5) is 0 Å². The standard InChI is InChI=1S/C58H101N2O6P/c1-6-8-10-12-13-14-15-16-17-18-19-20-21-22-23-24-25-26-27-28-29-30-31-32-33-34-35-36-37-38-39-40-41-42-43-44-45-46-47-48-50-52-58(62)59-56(57(61)51-49-11-9-7-2)55-66-67(63,64)65-54-53-60(3,4)5/h8,10,13-14,16-17,19-20,22-23,25-26,28-29,31-32,34-35,56-57,61H,6-7,9,11-12,15,18,21,24,27,30,33,36-55H2,1-5H3,(H-,59,62,63,64)/b10-8-,14-13-,17-16-,20-19-,23-22-,26-25-,29-28-,32-31-,35-34-. The van der Waals surface area contributed by atoms with Crippen molar-refractivity contribution >= 4 is 13.7 Å². The molecule has 0 saturated heterocycles. The highest BCUT2D eigenvalue weighted by Crippen LogP contribution is 2.38. The number of carbonyl (C=O) groups is 1. The molecule has 0 heterocycles. The molecule has 0 bridgehead atoms. The van der Waals surface area contributed by atoms with Crippen molar-refractivity contribution in [2.24, 2.45) is 0 Å². The molecule has 0 fully saturated rings. The molecule has 9 heteroatoms. The fourth-order valence-corrected chi connectivity index (χ4v) is 7.81. The van der Waals surface area contributed by atoms with Crippen molar-refractivity contribution in [2.45, 2.75) is 212 Å². The zero-order valence-electron chi connectivity index (χ0n) is 43.6. The van der Waals surface area contributed by atoms with Crippen LogP contribution in [0, 0.1) is 0 Å². The monoisotopic (exact) mass is 953 g/mol. The first kappa shape index (κ1) is 64.2. The molecule has 8 nitrogen and oxygen atoms in total. The van der Waals surface area contributed by atoms with Crippen LogP contribution in [0.2, 0.25) is 0 Å². The number of aliphatic hydroxyl groups excluding tert-OH is 1. The van der Waals surface area contributed by atoms with Gasteiger partial charge in [-0.25, -0.2) is 0 Å². The number of hydrogen-bond acceptors (Lipinski definition) is 6. The molecule has 0 aliphatic rings. The Morgan fingerprint density at radius 1 is 0.537 bits per heavy atom. The van der Waals surface area contributed by atoms with Gasteiger partial charge >= 0.3 is 0 Å². The predicted molar refractivity (Wildman–Crippen MR) is 288 cm³/mol. The number of unbranched alkanes of at least 4 members (excludes halogenated alkanes) is 16. The Morgan fingerprint density at radius 3 is 1.31 bits per heavy atom. The van der Waals surface area contributed by atoms with Crippen molar-refractivity contribution in [3.63, 3.8) is 0 Å². The fourth-order valence-electron chi connectivity index (χ4n) is 7.09. The second-order valence-electron chi connectivity index (χ2n) is 18.9. The third-order valence-corrected chi connectivity index (χ3v) is 12.2. The molecule has 0 aliphatic carbocycles. The van der Waals surface area contributed by atoms with Crippen LogP contribution in [0.3, 0.4) is 0 Å². The number of quaternary nitrogens is 1. The summed E-state index contributed by atoms with van der Waals surface area (Å²) in [5, 5.41) is 13.7. The Morgan fingerprint density at radius 2 is 0.910 bits per heavy atom. The summed E-state index contributed by atoms with van der Waals surface area (Å²) in [5.74, 6) is -0.180. The maximum Gasteiger partial charge on any atom is 0.268 e. The molecule has 0 aromatic rings. The van der Waals surface area contributed by atoms with Gasteiger partial charge in [0, 0.05) is 6.42 Å². The Kier molecular flexibility index (Phi) is 46.2. The van der Waals surface area contributed by atoms with Gasteiger partial charge in [-0.05, 0) is 83.5 Å². The topological polar surface area (TPSA) is 108 Å². The number of amides is 1. The smallest absolute Gasteiger partial charge is 0.268 e. The van der Waals surface area contributed by atoms with Gasteiger partial charge in [0.25, 0.3) is 7.82 Å². The van der Waals surface area contributed by atoms with Gasteiger partial charge in [0.2, 0.25) is 5.91 Å². The van der Waals surface area contributed by atoms with Crippen molar-refractivity contribution in [1.29, 1.82) is 0 Å². The van der Waals surface area contributed by atoms with E-state index in [4.69, 9.17) is 9.05 Å². The van der Waals surface area contributed by atoms with Gasteiger partial charge in [0.15, 0.2) is 0 Å². The third-order valence-electron chi connectivity index (χ3n) is 11.3. The quantitative estimate of drug-likeness (QED) is 0.0272. The van der Waals surface area contributed by atoms with E-state index in [1.165, 1.54) is 70.6 Å². The van der Waals surface area contributed by atoms with Crippen molar-refractivity contribution < 1.29 is 32.9 Å². The molecule has 3 unspecified atom stereocenters. The summed E-state index contributed by atoms with van der Waals surface area (Å²) in [4.78, 5) is 25.1. The van der Waals surface area contributed by atoms with Crippen LogP contribution in [0.25, 0.3) is 0 Å². The minimum atomic E-state index is -4.55. The second-order valence-corrected chi connectivity index (χ2v) is 20.3. The maximum atomic E-state index is 12.8. The predicted octanol–water partition coefficient (Wildman–Crippen LogP) is 15.4. The lowest BCUT2D eigenvalue weighted by atomic mass is 10.0. The number of carbonyl (C=O) groups excluding carboxylic acids is 1. The first-order valence-corrected chi connectivity index (χ1v) is 28.2. The Hall–Kier alpha value is -2.84. The highest BCUT2D eigenvalue weighted by atomic mass is 31.2. The molecule has 0 aliphatic heterocycles. The van der Waals surface area contributed by atoms with Crippen molar-refractivity contribution in [3.05, 3.63) is 109 Å². The normalized spacial score (nSPS) is 14.9. The van der Waals surface area contributed by atoms with Crippen LogP contribution in [-0.2, 0) is 18.4 Å².